The Bertz CT molecular complexity index is 1270. The molecule has 0 bridgehead atoms. The van der Waals surface area contributed by atoms with E-state index in [2.05, 4.69) is 0 Å². The Morgan fingerprint density at radius 1 is 1.03 bits per heavy atom. The molecule has 5 rings (SSSR count). The van der Waals surface area contributed by atoms with Gasteiger partial charge in [0.15, 0.2) is 11.5 Å². The Morgan fingerprint density at radius 3 is 2.60 bits per heavy atom. The average Bonchev–Trinajstić information content (AvgIpc) is 3.49. The van der Waals surface area contributed by atoms with Crippen molar-refractivity contribution in [1.29, 1.82) is 0 Å². The maximum Gasteiger partial charge on any atom is 0.261 e. The molecule has 180 valence electrons. The van der Waals surface area contributed by atoms with Crippen molar-refractivity contribution in [2.24, 2.45) is 0 Å². The standard InChI is InChI=1S/C26H24N2O6S/c1-32-10-3-9-27-25(30)20-7-5-17(14-21(20)26(27)31)24(29)28(16-19-4-2-13-35-19)18-6-8-22-23(15-18)34-12-11-33-22/h2,4-8,13-15H,3,9-12,16H2,1H3. The second-order valence-corrected chi connectivity index (χ2v) is 9.20. The van der Waals surface area contributed by atoms with Gasteiger partial charge in [-0.15, -0.1) is 11.3 Å². The van der Waals surface area contributed by atoms with Crippen LogP contribution in [-0.2, 0) is 11.3 Å². The number of fused-ring (bicyclic) bond motifs is 2. The van der Waals surface area contributed by atoms with Crippen molar-refractivity contribution >= 4 is 34.7 Å². The summed E-state index contributed by atoms with van der Waals surface area (Å²) in [7, 11) is 1.57. The lowest BCUT2D eigenvalue weighted by atomic mass is 10.0. The van der Waals surface area contributed by atoms with Crippen LogP contribution < -0.4 is 14.4 Å². The van der Waals surface area contributed by atoms with E-state index in [1.54, 1.807) is 47.6 Å². The highest BCUT2D eigenvalue weighted by atomic mass is 32.1. The molecule has 0 saturated carbocycles. The van der Waals surface area contributed by atoms with Gasteiger partial charge in [-0.25, -0.2) is 0 Å². The molecule has 3 aromatic rings. The first kappa shape index (κ1) is 23.1. The molecule has 3 heterocycles. The van der Waals surface area contributed by atoms with Gasteiger partial charge in [-0.05, 0) is 48.2 Å². The van der Waals surface area contributed by atoms with Gasteiger partial charge in [-0.1, -0.05) is 6.07 Å². The summed E-state index contributed by atoms with van der Waals surface area (Å²) in [6, 6.07) is 14.0. The lowest BCUT2D eigenvalue weighted by Crippen LogP contribution is -2.31. The Balaban J connectivity index is 1.46. The second kappa shape index (κ2) is 9.89. The van der Waals surface area contributed by atoms with E-state index < -0.39 is 0 Å². The highest BCUT2D eigenvalue weighted by molar-refractivity contribution is 7.09. The Kier molecular flexibility index (Phi) is 6.52. The van der Waals surface area contributed by atoms with Crippen molar-refractivity contribution in [2.45, 2.75) is 13.0 Å². The molecule has 0 spiro atoms. The maximum absolute atomic E-state index is 13.8. The van der Waals surface area contributed by atoms with Gasteiger partial charge in [0.1, 0.15) is 13.2 Å². The summed E-state index contributed by atoms with van der Waals surface area (Å²) in [6.07, 6.45) is 0.548. The molecule has 3 amide bonds. The molecule has 0 unspecified atom stereocenters. The first-order valence-electron chi connectivity index (χ1n) is 11.3. The topological polar surface area (TPSA) is 85.4 Å². The molecule has 0 saturated heterocycles. The summed E-state index contributed by atoms with van der Waals surface area (Å²) >= 11 is 1.55. The van der Waals surface area contributed by atoms with E-state index in [9.17, 15) is 14.4 Å². The molecule has 35 heavy (non-hydrogen) atoms. The molecule has 1 aromatic heterocycles. The number of ether oxygens (including phenoxy) is 3. The third kappa shape index (κ3) is 4.52. The molecule has 0 fully saturated rings. The highest BCUT2D eigenvalue weighted by Crippen LogP contribution is 2.35. The van der Waals surface area contributed by atoms with Gasteiger partial charge in [-0.3, -0.25) is 19.3 Å². The predicted octanol–water partition coefficient (Wildman–Crippen LogP) is 4.00. The van der Waals surface area contributed by atoms with Crippen LogP contribution in [0, 0.1) is 0 Å². The SMILES string of the molecule is COCCCN1C(=O)c2ccc(C(=O)N(Cc3cccs3)c3ccc4c(c3)OCCO4)cc2C1=O. The van der Waals surface area contributed by atoms with Crippen LogP contribution in [0.15, 0.2) is 53.9 Å². The quantitative estimate of drug-likeness (QED) is 0.349. The van der Waals surface area contributed by atoms with Crippen molar-refractivity contribution in [3.05, 3.63) is 75.5 Å². The summed E-state index contributed by atoms with van der Waals surface area (Å²) in [5, 5.41) is 1.96. The second-order valence-electron chi connectivity index (χ2n) is 8.17. The van der Waals surface area contributed by atoms with E-state index in [4.69, 9.17) is 14.2 Å². The summed E-state index contributed by atoms with van der Waals surface area (Å²) in [5.74, 6) is 0.205. The van der Waals surface area contributed by atoms with Gasteiger partial charge < -0.3 is 19.1 Å². The number of rotatable bonds is 8. The summed E-state index contributed by atoms with van der Waals surface area (Å²) in [6.45, 7) is 1.99. The van der Waals surface area contributed by atoms with Gasteiger partial charge in [-0.2, -0.15) is 0 Å². The number of methoxy groups -OCH3 is 1. The molecule has 9 heteroatoms. The number of nitrogens with zero attached hydrogens (tertiary/aromatic N) is 2. The van der Waals surface area contributed by atoms with Gasteiger partial charge in [0.05, 0.1) is 17.7 Å². The van der Waals surface area contributed by atoms with E-state index in [0.717, 1.165) is 4.88 Å². The fourth-order valence-corrected chi connectivity index (χ4v) is 4.88. The molecule has 2 aliphatic rings. The number of carbonyl (C=O) groups is 3. The van der Waals surface area contributed by atoms with Crippen LogP contribution in [0.4, 0.5) is 5.69 Å². The number of thiophene rings is 1. The number of anilines is 1. The first-order chi connectivity index (χ1) is 17.1. The third-order valence-electron chi connectivity index (χ3n) is 5.92. The van der Waals surface area contributed by atoms with Crippen LogP contribution in [0.25, 0.3) is 0 Å². The largest absolute Gasteiger partial charge is 0.486 e. The molecule has 2 aromatic carbocycles. The van der Waals surface area contributed by atoms with Crippen LogP contribution in [-0.4, -0.2) is 56.1 Å². The van der Waals surface area contributed by atoms with Crippen LogP contribution in [0.1, 0.15) is 42.4 Å². The zero-order valence-corrected chi connectivity index (χ0v) is 20.0. The van der Waals surface area contributed by atoms with E-state index >= 15 is 0 Å². The number of hydrogen-bond acceptors (Lipinski definition) is 7. The van der Waals surface area contributed by atoms with E-state index in [1.807, 2.05) is 23.6 Å². The van der Waals surface area contributed by atoms with Crippen LogP contribution in [0.3, 0.4) is 0 Å². The average molecular weight is 493 g/mol. The molecule has 8 nitrogen and oxygen atoms in total. The minimum atomic E-state index is -0.389. The normalized spacial score (nSPS) is 14.3. The number of benzene rings is 2. The van der Waals surface area contributed by atoms with Gasteiger partial charge in [0.2, 0.25) is 0 Å². The maximum atomic E-state index is 13.8. The van der Waals surface area contributed by atoms with Crippen molar-refractivity contribution in [3.63, 3.8) is 0 Å². The molecule has 0 aliphatic carbocycles. The third-order valence-corrected chi connectivity index (χ3v) is 6.79. The first-order valence-corrected chi connectivity index (χ1v) is 12.2. The minimum Gasteiger partial charge on any atom is -0.486 e. The number of carbonyl (C=O) groups excluding carboxylic acids is 3. The van der Waals surface area contributed by atoms with E-state index in [-0.39, 0.29) is 29.8 Å². The number of imide groups is 1. The lowest BCUT2D eigenvalue weighted by molar-refractivity contribution is 0.0638. The number of hydrogen-bond donors (Lipinski definition) is 0. The molecule has 0 radical (unpaired) electrons. The lowest BCUT2D eigenvalue weighted by Gasteiger charge is -2.25. The Hall–Kier alpha value is -3.69. The van der Waals surface area contributed by atoms with Crippen molar-refractivity contribution in [1.82, 2.24) is 4.90 Å². The monoisotopic (exact) mass is 492 g/mol. The van der Waals surface area contributed by atoms with Gasteiger partial charge in [0.25, 0.3) is 17.7 Å². The van der Waals surface area contributed by atoms with Gasteiger partial charge >= 0.3 is 0 Å². The zero-order chi connectivity index (χ0) is 24.4. The fourth-order valence-electron chi connectivity index (χ4n) is 4.19. The molecule has 0 atom stereocenters. The van der Waals surface area contributed by atoms with E-state index in [0.29, 0.717) is 61.1 Å². The molecule has 0 N–H and O–H groups in total. The van der Waals surface area contributed by atoms with Crippen LogP contribution in [0.5, 0.6) is 11.5 Å². The Morgan fingerprint density at radius 2 is 1.83 bits per heavy atom. The minimum absolute atomic E-state index is 0.247. The molecular formula is C26H24N2O6S. The van der Waals surface area contributed by atoms with Crippen molar-refractivity contribution < 1.29 is 28.6 Å². The summed E-state index contributed by atoms with van der Waals surface area (Å²) in [5.41, 5.74) is 1.54. The fraction of sp³-hybridized carbons (Fsp3) is 0.269. The van der Waals surface area contributed by atoms with E-state index in [1.165, 1.54) is 11.0 Å². The zero-order valence-electron chi connectivity index (χ0n) is 19.2. The number of amides is 3. The van der Waals surface area contributed by atoms with Crippen LogP contribution >= 0.6 is 11.3 Å². The Labute approximate surface area is 206 Å². The van der Waals surface area contributed by atoms with Crippen molar-refractivity contribution in [2.75, 3.05) is 38.4 Å². The molecular weight excluding hydrogens is 468 g/mol. The smallest absolute Gasteiger partial charge is 0.261 e. The molecule has 2 aliphatic heterocycles. The highest BCUT2D eigenvalue weighted by Gasteiger charge is 2.36. The summed E-state index contributed by atoms with van der Waals surface area (Å²) in [4.78, 5) is 43.3. The van der Waals surface area contributed by atoms with Gasteiger partial charge in [0, 0.05) is 42.5 Å². The van der Waals surface area contributed by atoms with Crippen molar-refractivity contribution in [3.8, 4) is 11.5 Å². The summed E-state index contributed by atoms with van der Waals surface area (Å²) < 4.78 is 16.4. The predicted molar refractivity (Wildman–Crippen MR) is 131 cm³/mol. The van der Waals surface area contributed by atoms with Crippen LogP contribution in [0.2, 0.25) is 0 Å².